The number of fused-ring (bicyclic) bond motifs is 6. The molecule has 0 atom stereocenters. The number of anilines is 3. The van der Waals surface area contributed by atoms with Crippen LogP contribution in [-0.2, 0) is 10.8 Å². The van der Waals surface area contributed by atoms with Gasteiger partial charge in [-0.25, -0.2) is 0 Å². The number of nitrogens with zero attached hydrogens (tertiary/aromatic N) is 1. The molecular formula is C74H51N. The average Bonchev–Trinajstić information content (AvgIpc) is 3.98. The molecule has 14 rings (SSSR count). The van der Waals surface area contributed by atoms with Crippen LogP contribution in [0.1, 0.15) is 44.5 Å². The summed E-state index contributed by atoms with van der Waals surface area (Å²) in [6, 6.07) is 114. The van der Waals surface area contributed by atoms with E-state index in [1.807, 2.05) is 0 Å². The minimum Gasteiger partial charge on any atom is -0.310 e. The molecule has 0 saturated carbocycles. The molecule has 0 heterocycles. The van der Waals surface area contributed by atoms with E-state index in [0.717, 1.165) is 28.2 Å². The number of benzene rings is 12. The molecule has 12 aromatic rings. The Kier molecular flexibility index (Phi) is 10.7. The molecule has 352 valence electrons. The van der Waals surface area contributed by atoms with E-state index in [1.54, 1.807) is 0 Å². The molecule has 1 heteroatoms. The van der Waals surface area contributed by atoms with Crippen LogP contribution in [0.4, 0.5) is 17.1 Å². The molecule has 0 radical (unpaired) electrons. The zero-order valence-corrected chi connectivity index (χ0v) is 41.4. The van der Waals surface area contributed by atoms with E-state index in [2.05, 4.69) is 314 Å². The zero-order chi connectivity index (χ0) is 49.8. The lowest BCUT2D eigenvalue weighted by Gasteiger charge is -2.34. The van der Waals surface area contributed by atoms with Gasteiger partial charge in [0.25, 0.3) is 0 Å². The van der Waals surface area contributed by atoms with Crippen molar-refractivity contribution < 1.29 is 0 Å². The molecule has 1 nitrogen and oxygen atoms in total. The van der Waals surface area contributed by atoms with Gasteiger partial charge in [-0.3, -0.25) is 0 Å². The summed E-state index contributed by atoms with van der Waals surface area (Å²) in [7, 11) is 0. The van der Waals surface area contributed by atoms with Crippen molar-refractivity contribution in [2.24, 2.45) is 0 Å². The van der Waals surface area contributed by atoms with Crippen molar-refractivity contribution in [3.8, 4) is 55.6 Å². The lowest BCUT2D eigenvalue weighted by atomic mass is 9.67. The summed E-state index contributed by atoms with van der Waals surface area (Å²) >= 11 is 0. The van der Waals surface area contributed by atoms with Gasteiger partial charge in [-0.15, -0.1) is 0 Å². The standard InChI is InChI=1S/C74H51N/c1-6-24-52(25-7-1)53-46-48-60(49-47-53)75(61-36-20-26-54(50-61)63-40-22-44-69-71(63)65-38-16-18-42-67(65)73(69,56-28-8-2-9-29-56)57-30-10-3-11-31-57)62-37-21-27-55(51-62)64-41-23-45-70-72(64)66-39-17-19-43-68(66)74(70,58-32-12-4-13-33-58)59-34-14-5-15-35-59/h1-51H. The van der Waals surface area contributed by atoms with Crippen LogP contribution in [-0.4, -0.2) is 0 Å². The second-order valence-corrected chi connectivity index (χ2v) is 19.9. The molecular weight excluding hydrogens is 903 g/mol. The van der Waals surface area contributed by atoms with E-state index >= 15 is 0 Å². The molecule has 0 bridgehead atoms. The third-order valence-corrected chi connectivity index (χ3v) is 16.0. The van der Waals surface area contributed by atoms with Crippen molar-refractivity contribution in [3.05, 3.63) is 354 Å². The van der Waals surface area contributed by atoms with Crippen LogP contribution in [0.2, 0.25) is 0 Å². The zero-order valence-electron chi connectivity index (χ0n) is 41.4. The molecule has 0 N–H and O–H groups in total. The van der Waals surface area contributed by atoms with Gasteiger partial charge in [-0.2, -0.15) is 0 Å². The van der Waals surface area contributed by atoms with Gasteiger partial charge in [0.15, 0.2) is 0 Å². The second kappa shape index (κ2) is 18.2. The summed E-state index contributed by atoms with van der Waals surface area (Å²) in [6.45, 7) is 0. The van der Waals surface area contributed by atoms with E-state index < -0.39 is 10.8 Å². The van der Waals surface area contributed by atoms with Crippen molar-refractivity contribution >= 4 is 17.1 Å². The predicted octanol–water partition coefficient (Wildman–Crippen LogP) is 18.9. The Morgan fingerprint density at radius 1 is 0.200 bits per heavy atom. The second-order valence-electron chi connectivity index (χ2n) is 19.9. The summed E-state index contributed by atoms with van der Waals surface area (Å²) < 4.78 is 0. The lowest BCUT2D eigenvalue weighted by Crippen LogP contribution is -2.28. The van der Waals surface area contributed by atoms with Gasteiger partial charge in [0, 0.05) is 17.1 Å². The molecule has 75 heavy (non-hydrogen) atoms. The van der Waals surface area contributed by atoms with E-state index in [0.29, 0.717) is 0 Å². The summed E-state index contributed by atoms with van der Waals surface area (Å²) in [5.41, 5.74) is 24.7. The van der Waals surface area contributed by atoms with E-state index in [1.165, 1.54) is 89.0 Å². The van der Waals surface area contributed by atoms with Crippen molar-refractivity contribution in [3.63, 3.8) is 0 Å². The van der Waals surface area contributed by atoms with E-state index in [4.69, 9.17) is 0 Å². The molecule has 0 spiro atoms. The third kappa shape index (κ3) is 6.93. The molecule has 0 amide bonds. The number of hydrogen-bond acceptors (Lipinski definition) is 1. The van der Waals surface area contributed by atoms with Crippen molar-refractivity contribution in [2.75, 3.05) is 4.90 Å². The van der Waals surface area contributed by atoms with Gasteiger partial charge in [0.05, 0.1) is 10.8 Å². The highest BCUT2D eigenvalue weighted by atomic mass is 15.1. The summed E-state index contributed by atoms with van der Waals surface area (Å²) in [4.78, 5) is 2.44. The minimum atomic E-state index is -0.491. The minimum absolute atomic E-state index is 0.491. The fourth-order valence-electron chi connectivity index (χ4n) is 13.0. The topological polar surface area (TPSA) is 3.24 Å². The van der Waals surface area contributed by atoms with Gasteiger partial charge < -0.3 is 4.90 Å². The van der Waals surface area contributed by atoms with Crippen LogP contribution in [0.15, 0.2) is 309 Å². The number of rotatable bonds is 10. The molecule has 12 aromatic carbocycles. The Bertz CT molecular complexity index is 3730. The van der Waals surface area contributed by atoms with Crippen LogP contribution in [0.3, 0.4) is 0 Å². The Labute approximate surface area is 440 Å². The fourth-order valence-corrected chi connectivity index (χ4v) is 13.0. The van der Waals surface area contributed by atoms with Crippen LogP contribution >= 0.6 is 0 Å². The Balaban J connectivity index is 0.953. The summed E-state index contributed by atoms with van der Waals surface area (Å²) in [5, 5.41) is 0. The SMILES string of the molecule is c1ccc(-c2ccc(N(c3cccc(-c4cccc5c4-c4ccccc4C5(c4ccccc4)c4ccccc4)c3)c3cccc(-c4cccc5c4-c4ccccc4C5(c4ccccc4)c4ccccc4)c3)cc2)cc1. The highest BCUT2D eigenvalue weighted by molar-refractivity contribution is 5.98. The lowest BCUT2D eigenvalue weighted by molar-refractivity contribution is 0.768. The molecule has 0 saturated heterocycles. The van der Waals surface area contributed by atoms with E-state index in [-0.39, 0.29) is 0 Å². The molecule has 2 aliphatic rings. The maximum atomic E-state index is 2.44. The van der Waals surface area contributed by atoms with Crippen molar-refractivity contribution in [2.45, 2.75) is 10.8 Å². The van der Waals surface area contributed by atoms with Crippen molar-refractivity contribution in [1.29, 1.82) is 0 Å². The Morgan fingerprint density at radius 3 is 0.920 bits per heavy atom. The van der Waals surface area contributed by atoms with Crippen LogP contribution in [0.5, 0.6) is 0 Å². The molecule has 0 fully saturated rings. The first-order valence-electron chi connectivity index (χ1n) is 26.1. The molecule has 0 aliphatic heterocycles. The Hall–Kier alpha value is -9.56. The smallest absolute Gasteiger partial charge is 0.0713 e. The van der Waals surface area contributed by atoms with Gasteiger partial charge >= 0.3 is 0 Å². The first-order chi connectivity index (χ1) is 37.2. The van der Waals surface area contributed by atoms with Crippen molar-refractivity contribution in [1.82, 2.24) is 0 Å². The first kappa shape index (κ1) is 44.2. The average molecular weight is 954 g/mol. The first-order valence-corrected chi connectivity index (χ1v) is 26.1. The third-order valence-electron chi connectivity index (χ3n) is 16.0. The number of hydrogen-bond donors (Lipinski definition) is 0. The van der Waals surface area contributed by atoms with Crippen LogP contribution in [0, 0.1) is 0 Å². The quantitative estimate of drug-likeness (QED) is 0.132. The predicted molar refractivity (Wildman–Crippen MR) is 312 cm³/mol. The van der Waals surface area contributed by atoms with Crippen LogP contribution in [0.25, 0.3) is 55.6 Å². The summed E-state index contributed by atoms with van der Waals surface area (Å²) in [5.74, 6) is 0. The monoisotopic (exact) mass is 953 g/mol. The largest absolute Gasteiger partial charge is 0.310 e. The molecule has 2 aliphatic carbocycles. The van der Waals surface area contributed by atoms with Crippen LogP contribution < -0.4 is 4.90 Å². The normalized spacial score (nSPS) is 13.3. The maximum absolute atomic E-state index is 2.44. The van der Waals surface area contributed by atoms with Gasteiger partial charge in [0.2, 0.25) is 0 Å². The van der Waals surface area contributed by atoms with Gasteiger partial charge in [0.1, 0.15) is 0 Å². The maximum Gasteiger partial charge on any atom is 0.0713 e. The fraction of sp³-hybridized carbons (Fsp3) is 0.0270. The van der Waals surface area contributed by atoms with Gasteiger partial charge in [-0.05, 0) is 137 Å². The van der Waals surface area contributed by atoms with E-state index in [9.17, 15) is 0 Å². The highest BCUT2D eigenvalue weighted by Gasteiger charge is 2.48. The summed E-state index contributed by atoms with van der Waals surface area (Å²) in [6.07, 6.45) is 0. The molecule has 0 unspecified atom stereocenters. The Morgan fingerprint density at radius 2 is 0.507 bits per heavy atom. The highest BCUT2D eigenvalue weighted by Crippen LogP contribution is 2.60. The van der Waals surface area contributed by atoms with Gasteiger partial charge in [-0.1, -0.05) is 273 Å². The molecule has 0 aromatic heterocycles.